The highest BCUT2D eigenvalue weighted by Crippen LogP contribution is 2.43. The number of aryl methyl sites for hydroxylation is 1. The Morgan fingerprint density at radius 1 is 1.30 bits per heavy atom. The maximum atomic E-state index is 12.0. The van der Waals surface area contributed by atoms with Gasteiger partial charge in [-0.15, -0.1) is 0 Å². The Morgan fingerprint density at radius 3 is 2.90 bits per heavy atom. The van der Waals surface area contributed by atoms with E-state index in [-0.39, 0.29) is 23.4 Å². The number of hydrogen-bond acceptors (Lipinski definition) is 2. The number of rotatable bonds is 2. The van der Waals surface area contributed by atoms with Crippen molar-refractivity contribution in [2.75, 3.05) is 6.54 Å². The number of carbonyl (C=O) groups is 1. The third-order valence-corrected chi connectivity index (χ3v) is 4.84. The molecule has 108 valence electrons. The standard InChI is InChI=1S/C17H24N2O/c1-17(2)10-9-12-6-3-4-7-13(12)15(17)19-14-8-5-11-18-16(14)20/h3-4,6-7,14-15,19H,5,8-11H2,1-2H3,(H,18,20). The molecule has 1 heterocycles. The van der Waals surface area contributed by atoms with E-state index in [1.807, 2.05) is 0 Å². The highest BCUT2D eigenvalue weighted by Gasteiger charge is 2.38. The van der Waals surface area contributed by atoms with Crippen molar-refractivity contribution in [3.8, 4) is 0 Å². The zero-order valence-corrected chi connectivity index (χ0v) is 12.4. The molecule has 1 amide bonds. The second-order valence-corrected chi connectivity index (χ2v) is 6.77. The Labute approximate surface area is 121 Å². The van der Waals surface area contributed by atoms with Crippen LogP contribution in [-0.2, 0) is 11.2 Å². The van der Waals surface area contributed by atoms with E-state index in [9.17, 15) is 4.79 Å². The van der Waals surface area contributed by atoms with Gasteiger partial charge in [0.2, 0.25) is 5.91 Å². The summed E-state index contributed by atoms with van der Waals surface area (Å²) in [5.74, 6) is 0.162. The van der Waals surface area contributed by atoms with Gasteiger partial charge in [-0.2, -0.15) is 0 Å². The van der Waals surface area contributed by atoms with Gasteiger partial charge in [-0.25, -0.2) is 0 Å². The Hall–Kier alpha value is -1.35. The summed E-state index contributed by atoms with van der Waals surface area (Å²) >= 11 is 0. The molecule has 1 aromatic rings. The smallest absolute Gasteiger partial charge is 0.237 e. The fourth-order valence-corrected chi connectivity index (χ4v) is 3.51. The molecule has 20 heavy (non-hydrogen) atoms. The molecule has 1 aliphatic heterocycles. The lowest BCUT2D eigenvalue weighted by atomic mass is 9.70. The van der Waals surface area contributed by atoms with Crippen molar-refractivity contribution < 1.29 is 4.79 Å². The Balaban J connectivity index is 1.87. The van der Waals surface area contributed by atoms with Crippen LogP contribution in [0.3, 0.4) is 0 Å². The summed E-state index contributed by atoms with van der Waals surface area (Å²) in [5.41, 5.74) is 2.99. The number of nitrogens with one attached hydrogen (secondary N) is 2. The summed E-state index contributed by atoms with van der Waals surface area (Å²) in [6.07, 6.45) is 4.31. The van der Waals surface area contributed by atoms with E-state index in [0.717, 1.165) is 32.2 Å². The van der Waals surface area contributed by atoms with Crippen LogP contribution in [-0.4, -0.2) is 18.5 Å². The number of piperidine rings is 1. The van der Waals surface area contributed by atoms with Crippen LogP contribution >= 0.6 is 0 Å². The van der Waals surface area contributed by atoms with Gasteiger partial charge in [0.25, 0.3) is 0 Å². The van der Waals surface area contributed by atoms with Crippen LogP contribution in [0, 0.1) is 5.41 Å². The van der Waals surface area contributed by atoms with E-state index in [2.05, 4.69) is 48.7 Å². The molecule has 0 radical (unpaired) electrons. The molecule has 0 bridgehead atoms. The van der Waals surface area contributed by atoms with Crippen molar-refractivity contribution in [1.82, 2.24) is 10.6 Å². The van der Waals surface area contributed by atoms with E-state index in [4.69, 9.17) is 0 Å². The van der Waals surface area contributed by atoms with Gasteiger partial charge in [-0.3, -0.25) is 10.1 Å². The number of hydrogen-bond donors (Lipinski definition) is 2. The first-order chi connectivity index (χ1) is 9.58. The summed E-state index contributed by atoms with van der Waals surface area (Å²) in [6, 6.07) is 8.88. The average Bonchev–Trinajstić information content (AvgIpc) is 2.44. The van der Waals surface area contributed by atoms with Crippen molar-refractivity contribution >= 4 is 5.91 Å². The molecule has 0 aromatic heterocycles. The molecule has 3 nitrogen and oxygen atoms in total. The molecule has 1 aliphatic carbocycles. The summed E-state index contributed by atoms with van der Waals surface area (Å²) < 4.78 is 0. The quantitative estimate of drug-likeness (QED) is 0.869. The van der Waals surface area contributed by atoms with Crippen LogP contribution in [0.4, 0.5) is 0 Å². The lowest BCUT2D eigenvalue weighted by molar-refractivity contribution is -0.125. The van der Waals surface area contributed by atoms with Crippen LogP contribution in [0.15, 0.2) is 24.3 Å². The SMILES string of the molecule is CC1(C)CCc2ccccc2C1NC1CCCNC1=O. The van der Waals surface area contributed by atoms with Gasteiger partial charge in [0.1, 0.15) is 0 Å². The van der Waals surface area contributed by atoms with Crippen LogP contribution < -0.4 is 10.6 Å². The minimum Gasteiger partial charge on any atom is -0.355 e. The lowest BCUT2D eigenvalue weighted by Gasteiger charge is -2.42. The first kappa shape index (κ1) is 13.6. The second-order valence-electron chi connectivity index (χ2n) is 6.77. The molecule has 1 fully saturated rings. The van der Waals surface area contributed by atoms with E-state index >= 15 is 0 Å². The predicted molar refractivity (Wildman–Crippen MR) is 80.5 cm³/mol. The van der Waals surface area contributed by atoms with Crippen molar-refractivity contribution in [1.29, 1.82) is 0 Å². The Bertz CT molecular complexity index is 509. The fourth-order valence-electron chi connectivity index (χ4n) is 3.51. The molecule has 2 atom stereocenters. The number of amides is 1. The summed E-state index contributed by atoms with van der Waals surface area (Å²) in [5, 5.41) is 6.61. The molecule has 2 unspecified atom stereocenters. The van der Waals surface area contributed by atoms with Gasteiger partial charge >= 0.3 is 0 Å². The summed E-state index contributed by atoms with van der Waals surface area (Å²) in [6.45, 7) is 5.43. The predicted octanol–water partition coefficient (Wildman–Crippen LogP) is 2.57. The zero-order chi connectivity index (χ0) is 14.2. The van der Waals surface area contributed by atoms with E-state index in [1.165, 1.54) is 11.1 Å². The highest BCUT2D eigenvalue weighted by molar-refractivity contribution is 5.82. The second kappa shape index (κ2) is 5.21. The fraction of sp³-hybridized carbons (Fsp3) is 0.588. The molecule has 0 spiro atoms. The van der Waals surface area contributed by atoms with Crippen molar-refractivity contribution in [3.63, 3.8) is 0 Å². The van der Waals surface area contributed by atoms with Gasteiger partial charge in [0, 0.05) is 12.6 Å². The molecule has 1 saturated heterocycles. The van der Waals surface area contributed by atoms with Crippen molar-refractivity contribution in [3.05, 3.63) is 35.4 Å². The number of benzene rings is 1. The van der Waals surface area contributed by atoms with Gasteiger partial charge in [-0.1, -0.05) is 38.1 Å². The Morgan fingerprint density at radius 2 is 2.10 bits per heavy atom. The molecular weight excluding hydrogens is 248 g/mol. The minimum atomic E-state index is -0.0424. The van der Waals surface area contributed by atoms with Crippen molar-refractivity contribution in [2.45, 2.75) is 51.6 Å². The molecule has 2 aliphatic rings. The largest absolute Gasteiger partial charge is 0.355 e. The van der Waals surface area contributed by atoms with Gasteiger partial charge < -0.3 is 5.32 Å². The van der Waals surface area contributed by atoms with Crippen LogP contribution in [0.5, 0.6) is 0 Å². The first-order valence-corrected chi connectivity index (χ1v) is 7.69. The Kier molecular flexibility index (Phi) is 3.55. The molecule has 0 saturated carbocycles. The highest BCUT2D eigenvalue weighted by atomic mass is 16.2. The van der Waals surface area contributed by atoms with Crippen LogP contribution in [0.2, 0.25) is 0 Å². The number of carbonyl (C=O) groups excluding carboxylic acids is 1. The average molecular weight is 272 g/mol. The molecule has 2 N–H and O–H groups in total. The zero-order valence-electron chi connectivity index (χ0n) is 12.4. The third-order valence-electron chi connectivity index (χ3n) is 4.84. The first-order valence-electron chi connectivity index (χ1n) is 7.69. The molecular formula is C17H24N2O. The van der Waals surface area contributed by atoms with E-state index in [0.29, 0.717) is 0 Å². The summed E-state index contributed by atoms with van der Waals surface area (Å²) in [4.78, 5) is 12.0. The van der Waals surface area contributed by atoms with Crippen LogP contribution in [0.1, 0.15) is 50.3 Å². The maximum Gasteiger partial charge on any atom is 0.237 e. The van der Waals surface area contributed by atoms with Crippen molar-refractivity contribution in [2.24, 2.45) is 5.41 Å². The normalized spacial score (nSPS) is 28.6. The van der Waals surface area contributed by atoms with Gasteiger partial charge in [0.05, 0.1) is 6.04 Å². The lowest BCUT2D eigenvalue weighted by Crippen LogP contribution is -2.52. The third kappa shape index (κ3) is 2.47. The van der Waals surface area contributed by atoms with Gasteiger partial charge in [-0.05, 0) is 42.2 Å². The monoisotopic (exact) mass is 272 g/mol. The van der Waals surface area contributed by atoms with E-state index in [1.54, 1.807) is 0 Å². The maximum absolute atomic E-state index is 12.0. The minimum absolute atomic E-state index is 0.0424. The molecule has 3 heteroatoms. The van der Waals surface area contributed by atoms with Gasteiger partial charge in [0.15, 0.2) is 0 Å². The molecule has 3 rings (SSSR count). The topological polar surface area (TPSA) is 41.1 Å². The van der Waals surface area contributed by atoms with Crippen LogP contribution in [0.25, 0.3) is 0 Å². The summed E-state index contributed by atoms with van der Waals surface area (Å²) in [7, 11) is 0. The van der Waals surface area contributed by atoms with E-state index < -0.39 is 0 Å². The molecule has 1 aromatic carbocycles. The number of fused-ring (bicyclic) bond motifs is 1.